The molecule has 1 saturated heterocycles. The van der Waals surface area contributed by atoms with Gasteiger partial charge in [-0.3, -0.25) is 9.69 Å². The van der Waals surface area contributed by atoms with Crippen LogP contribution in [0.2, 0.25) is 0 Å². The molecule has 1 unspecified atom stereocenters. The molecule has 0 aromatic rings. The van der Waals surface area contributed by atoms with Gasteiger partial charge in [0.05, 0.1) is 12.6 Å². The first-order chi connectivity index (χ1) is 8.09. The third kappa shape index (κ3) is 6.03. The van der Waals surface area contributed by atoms with E-state index < -0.39 is 0 Å². The summed E-state index contributed by atoms with van der Waals surface area (Å²) in [6.45, 7) is 4.53. The maximum Gasteiger partial charge on any atom is 0.236 e. The second kappa shape index (κ2) is 7.67. The van der Waals surface area contributed by atoms with Gasteiger partial charge in [0.15, 0.2) is 0 Å². The summed E-state index contributed by atoms with van der Waals surface area (Å²) < 4.78 is 0. The van der Waals surface area contributed by atoms with Crippen molar-refractivity contribution in [3.8, 4) is 0 Å². The Hall–Kier alpha value is -0.610. The Morgan fingerprint density at radius 2 is 1.76 bits per heavy atom. The molecule has 1 amide bonds. The van der Waals surface area contributed by atoms with E-state index >= 15 is 0 Å². The first kappa shape index (κ1) is 14.5. The molecule has 17 heavy (non-hydrogen) atoms. The largest absolute Gasteiger partial charge is 0.392 e. The smallest absolute Gasteiger partial charge is 0.236 e. The molecule has 0 spiro atoms. The van der Waals surface area contributed by atoms with Gasteiger partial charge in [0, 0.05) is 19.6 Å². The number of aliphatic hydroxyl groups excluding tert-OH is 1. The van der Waals surface area contributed by atoms with Crippen molar-refractivity contribution in [2.45, 2.75) is 45.1 Å². The van der Waals surface area contributed by atoms with Crippen LogP contribution in [0.15, 0.2) is 0 Å². The Morgan fingerprint density at radius 3 is 2.29 bits per heavy atom. The standard InChI is InChI=1S/C13H26N2O2/c1-12(16)10-14(2)11-13(17)15-8-6-4-3-5-7-9-15/h12,16H,3-11H2,1-2H3. The highest BCUT2D eigenvalue weighted by Crippen LogP contribution is 2.10. The van der Waals surface area contributed by atoms with Crippen LogP contribution < -0.4 is 0 Å². The van der Waals surface area contributed by atoms with Crippen LogP contribution in [0.3, 0.4) is 0 Å². The van der Waals surface area contributed by atoms with E-state index in [1.807, 2.05) is 16.8 Å². The van der Waals surface area contributed by atoms with Gasteiger partial charge in [0.1, 0.15) is 0 Å². The molecule has 1 rings (SSSR count). The molecule has 1 atom stereocenters. The molecule has 1 aliphatic rings. The van der Waals surface area contributed by atoms with Crippen LogP contribution in [0.1, 0.15) is 39.0 Å². The Labute approximate surface area is 105 Å². The SMILES string of the molecule is CC(O)CN(C)CC(=O)N1CCCCCCC1. The number of carbonyl (C=O) groups is 1. The van der Waals surface area contributed by atoms with Crippen molar-refractivity contribution in [2.75, 3.05) is 33.2 Å². The van der Waals surface area contributed by atoms with E-state index in [4.69, 9.17) is 0 Å². The first-order valence-corrected chi connectivity index (χ1v) is 6.74. The monoisotopic (exact) mass is 242 g/mol. The number of hydrogen-bond acceptors (Lipinski definition) is 3. The summed E-state index contributed by atoms with van der Waals surface area (Å²) in [5.41, 5.74) is 0. The van der Waals surface area contributed by atoms with Gasteiger partial charge in [0.25, 0.3) is 0 Å². The second-order valence-corrected chi connectivity index (χ2v) is 5.19. The van der Waals surface area contributed by atoms with E-state index in [1.165, 1.54) is 19.3 Å². The molecule has 1 fully saturated rings. The number of rotatable bonds is 4. The normalized spacial score (nSPS) is 19.9. The maximum atomic E-state index is 12.1. The van der Waals surface area contributed by atoms with Gasteiger partial charge in [-0.1, -0.05) is 19.3 Å². The molecule has 0 radical (unpaired) electrons. The number of amides is 1. The molecule has 0 bridgehead atoms. The minimum Gasteiger partial charge on any atom is -0.392 e. The molecule has 1 N–H and O–H groups in total. The highest BCUT2D eigenvalue weighted by Gasteiger charge is 2.16. The zero-order chi connectivity index (χ0) is 12.7. The quantitative estimate of drug-likeness (QED) is 0.802. The summed E-state index contributed by atoms with van der Waals surface area (Å²) in [5.74, 6) is 0.204. The molecule has 100 valence electrons. The molecule has 0 aromatic heterocycles. The number of nitrogens with zero attached hydrogens (tertiary/aromatic N) is 2. The molecule has 0 saturated carbocycles. The summed E-state index contributed by atoms with van der Waals surface area (Å²) in [7, 11) is 1.88. The Balaban J connectivity index is 2.33. The first-order valence-electron chi connectivity index (χ1n) is 6.74. The highest BCUT2D eigenvalue weighted by molar-refractivity contribution is 5.78. The fourth-order valence-electron chi connectivity index (χ4n) is 2.34. The lowest BCUT2D eigenvalue weighted by Gasteiger charge is -2.27. The zero-order valence-corrected chi connectivity index (χ0v) is 11.2. The van der Waals surface area contributed by atoms with E-state index in [-0.39, 0.29) is 12.0 Å². The van der Waals surface area contributed by atoms with Gasteiger partial charge < -0.3 is 10.0 Å². The topological polar surface area (TPSA) is 43.8 Å². The Kier molecular flexibility index (Phi) is 6.52. The van der Waals surface area contributed by atoms with E-state index in [2.05, 4.69) is 0 Å². The van der Waals surface area contributed by atoms with Gasteiger partial charge >= 0.3 is 0 Å². The molecular weight excluding hydrogens is 216 g/mol. The number of hydrogen-bond donors (Lipinski definition) is 1. The molecular formula is C13H26N2O2. The van der Waals surface area contributed by atoms with Crippen LogP contribution in [0, 0.1) is 0 Å². The average molecular weight is 242 g/mol. The number of likely N-dealkylation sites (tertiary alicyclic amines) is 1. The number of carbonyl (C=O) groups excluding carboxylic acids is 1. The van der Waals surface area contributed by atoms with E-state index in [0.29, 0.717) is 13.1 Å². The van der Waals surface area contributed by atoms with Crippen molar-refractivity contribution < 1.29 is 9.90 Å². The second-order valence-electron chi connectivity index (χ2n) is 5.19. The van der Waals surface area contributed by atoms with E-state index in [1.54, 1.807) is 6.92 Å². The zero-order valence-electron chi connectivity index (χ0n) is 11.2. The van der Waals surface area contributed by atoms with Crippen LogP contribution in [-0.2, 0) is 4.79 Å². The van der Waals surface area contributed by atoms with Gasteiger partial charge in [0.2, 0.25) is 5.91 Å². The molecule has 1 heterocycles. The summed E-state index contributed by atoms with van der Waals surface area (Å²) in [6.07, 6.45) is 5.68. The van der Waals surface area contributed by atoms with Crippen molar-refractivity contribution in [2.24, 2.45) is 0 Å². The predicted octanol–water partition coefficient (Wildman–Crippen LogP) is 1.09. The lowest BCUT2D eigenvalue weighted by Crippen LogP contribution is -2.42. The molecule has 0 aromatic carbocycles. The van der Waals surface area contributed by atoms with Crippen molar-refractivity contribution in [3.05, 3.63) is 0 Å². The summed E-state index contributed by atoms with van der Waals surface area (Å²) >= 11 is 0. The van der Waals surface area contributed by atoms with Crippen LogP contribution in [0.4, 0.5) is 0 Å². The molecule has 0 aliphatic carbocycles. The van der Waals surface area contributed by atoms with Crippen LogP contribution in [-0.4, -0.2) is 60.1 Å². The third-order valence-corrected chi connectivity index (χ3v) is 3.19. The molecule has 4 heteroatoms. The average Bonchev–Trinajstić information content (AvgIpc) is 2.14. The van der Waals surface area contributed by atoms with Crippen LogP contribution >= 0.6 is 0 Å². The van der Waals surface area contributed by atoms with Crippen molar-refractivity contribution >= 4 is 5.91 Å². The minimum absolute atomic E-state index is 0.204. The van der Waals surface area contributed by atoms with Crippen LogP contribution in [0.25, 0.3) is 0 Å². The van der Waals surface area contributed by atoms with Gasteiger partial charge in [-0.05, 0) is 26.8 Å². The fourth-order valence-corrected chi connectivity index (χ4v) is 2.34. The highest BCUT2D eigenvalue weighted by atomic mass is 16.3. The minimum atomic E-state index is -0.375. The van der Waals surface area contributed by atoms with Gasteiger partial charge in [-0.2, -0.15) is 0 Å². The fraction of sp³-hybridized carbons (Fsp3) is 0.923. The van der Waals surface area contributed by atoms with E-state index in [9.17, 15) is 9.90 Å². The maximum absolute atomic E-state index is 12.1. The van der Waals surface area contributed by atoms with E-state index in [0.717, 1.165) is 25.9 Å². The third-order valence-electron chi connectivity index (χ3n) is 3.19. The Bertz CT molecular complexity index is 223. The summed E-state index contributed by atoms with van der Waals surface area (Å²) in [4.78, 5) is 15.9. The van der Waals surface area contributed by atoms with Crippen LogP contribution in [0.5, 0.6) is 0 Å². The molecule has 4 nitrogen and oxygen atoms in total. The lowest BCUT2D eigenvalue weighted by molar-refractivity contribution is -0.132. The molecule has 1 aliphatic heterocycles. The van der Waals surface area contributed by atoms with Gasteiger partial charge in [-0.15, -0.1) is 0 Å². The summed E-state index contributed by atoms with van der Waals surface area (Å²) in [6, 6.07) is 0. The van der Waals surface area contributed by atoms with Gasteiger partial charge in [-0.25, -0.2) is 0 Å². The van der Waals surface area contributed by atoms with Crippen molar-refractivity contribution in [3.63, 3.8) is 0 Å². The Morgan fingerprint density at radius 1 is 1.24 bits per heavy atom. The van der Waals surface area contributed by atoms with Crippen molar-refractivity contribution in [1.82, 2.24) is 9.80 Å². The summed E-state index contributed by atoms with van der Waals surface area (Å²) in [5, 5.41) is 9.26. The predicted molar refractivity (Wildman–Crippen MR) is 68.8 cm³/mol. The number of aliphatic hydroxyl groups is 1. The lowest BCUT2D eigenvalue weighted by atomic mass is 10.1. The number of likely N-dealkylation sites (N-methyl/N-ethyl adjacent to an activating group) is 1. The van der Waals surface area contributed by atoms with Crippen molar-refractivity contribution in [1.29, 1.82) is 0 Å².